The van der Waals surface area contributed by atoms with Crippen LogP contribution in [-0.4, -0.2) is 34.9 Å². The topological polar surface area (TPSA) is 82.5 Å². The van der Waals surface area contributed by atoms with Crippen LogP contribution < -0.4 is 10.1 Å². The zero-order valence-corrected chi connectivity index (χ0v) is 15.2. The summed E-state index contributed by atoms with van der Waals surface area (Å²) in [5, 5.41) is 6.64. The summed E-state index contributed by atoms with van der Waals surface area (Å²) in [4.78, 5) is 24.1. The van der Waals surface area contributed by atoms with Crippen LogP contribution in [0.5, 0.6) is 5.75 Å². The van der Waals surface area contributed by atoms with Crippen molar-refractivity contribution in [3.63, 3.8) is 0 Å². The second kappa shape index (κ2) is 7.83. The molecule has 1 aromatic heterocycles. The third kappa shape index (κ3) is 4.37. The van der Waals surface area contributed by atoms with E-state index in [1.165, 1.54) is 10.9 Å². The first kappa shape index (κ1) is 18.5. The molecule has 0 aliphatic rings. The van der Waals surface area contributed by atoms with Crippen LogP contribution >= 0.6 is 0 Å². The Hall–Kier alpha value is -2.83. The molecule has 1 amide bonds. The Balaban J connectivity index is 2.07. The summed E-state index contributed by atoms with van der Waals surface area (Å²) >= 11 is 0. The van der Waals surface area contributed by atoms with Crippen LogP contribution in [0.25, 0.3) is 0 Å². The monoisotopic (exact) mass is 345 g/mol. The van der Waals surface area contributed by atoms with Gasteiger partial charge in [0.25, 0.3) is 5.91 Å². The molecule has 1 N–H and O–H groups in total. The lowest BCUT2D eigenvalue weighted by Crippen LogP contribution is -2.23. The van der Waals surface area contributed by atoms with Gasteiger partial charge in [-0.2, -0.15) is 5.10 Å². The number of carbonyl (C=O) groups excluding carboxylic acids is 2. The van der Waals surface area contributed by atoms with E-state index in [1.807, 2.05) is 26.8 Å². The van der Waals surface area contributed by atoms with Gasteiger partial charge in [-0.3, -0.25) is 9.48 Å². The van der Waals surface area contributed by atoms with Gasteiger partial charge in [-0.1, -0.05) is 6.07 Å². The number of aryl methyl sites for hydroxylation is 3. The minimum atomic E-state index is -0.531. The standard InChI is InChI=1S/C18H23N3O4/c1-6-24-18(23)14-9-19-21(5)17(14)20-16(22)10-25-15-8-11(2)7-12(3)13(15)4/h7-9H,6,10H2,1-5H3,(H,20,22). The summed E-state index contributed by atoms with van der Waals surface area (Å²) < 4.78 is 12.0. The Bertz CT molecular complexity index is 796. The molecule has 0 fully saturated rings. The molecule has 0 atom stereocenters. The first-order valence-electron chi connectivity index (χ1n) is 8.03. The lowest BCUT2D eigenvalue weighted by Gasteiger charge is -2.13. The third-order valence-electron chi connectivity index (χ3n) is 3.81. The van der Waals surface area contributed by atoms with E-state index in [-0.39, 0.29) is 30.5 Å². The van der Waals surface area contributed by atoms with E-state index in [4.69, 9.17) is 9.47 Å². The molecule has 2 aromatic rings. The molecular weight excluding hydrogens is 322 g/mol. The second-order valence-corrected chi connectivity index (χ2v) is 5.79. The number of esters is 1. The summed E-state index contributed by atoms with van der Waals surface area (Å²) in [6, 6.07) is 3.95. The van der Waals surface area contributed by atoms with Crippen molar-refractivity contribution in [2.75, 3.05) is 18.5 Å². The molecule has 1 aromatic carbocycles. The molecule has 1 heterocycles. The number of amides is 1. The summed E-state index contributed by atoms with van der Waals surface area (Å²) in [6.07, 6.45) is 1.36. The van der Waals surface area contributed by atoms with Crippen molar-refractivity contribution >= 4 is 17.7 Å². The van der Waals surface area contributed by atoms with Gasteiger partial charge < -0.3 is 14.8 Å². The van der Waals surface area contributed by atoms with E-state index in [0.29, 0.717) is 5.75 Å². The molecule has 7 heteroatoms. The minimum Gasteiger partial charge on any atom is -0.483 e. The molecule has 134 valence electrons. The maximum absolute atomic E-state index is 12.2. The van der Waals surface area contributed by atoms with E-state index in [0.717, 1.165) is 16.7 Å². The predicted molar refractivity (Wildman–Crippen MR) is 93.9 cm³/mol. The van der Waals surface area contributed by atoms with Gasteiger partial charge in [0.15, 0.2) is 6.61 Å². The van der Waals surface area contributed by atoms with Crippen molar-refractivity contribution in [3.8, 4) is 5.75 Å². The van der Waals surface area contributed by atoms with Gasteiger partial charge >= 0.3 is 5.97 Å². The van der Waals surface area contributed by atoms with Gasteiger partial charge in [-0.15, -0.1) is 0 Å². The molecule has 25 heavy (non-hydrogen) atoms. The lowest BCUT2D eigenvalue weighted by atomic mass is 10.1. The van der Waals surface area contributed by atoms with Gasteiger partial charge in [0.2, 0.25) is 0 Å². The summed E-state index contributed by atoms with van der Waals surface area (Å²) in [6.45, 7) is 7.71. The normalized spacial score (nSPS) is 10.4. The molecule has 0 spiro atoms. The van der Waals surface area contributed by atoms with Gasteiger partial charge in [-0.05, 0) is 50.5 Å². The zero-order valence-electron chi connectivity index (χ0n) is 15.2. The van der Waals surface area contributed by atoms with Gasteiger partial charge in [0.1, 0.15) is 17.1 Å². The highest BCUT2D eigenvalue weighted by Crippen LogP contribution is 2.23. The number of nitrogens with one attached hydrogen (secondary N) is 1. The van der Waals surface area contributed by atoms with E-state index in [2.05, 4.69) is 16.5 Å². The quantitative estimate of drug-likeness (QED) is 0.814. The first-order chi connectivity index (χ1) is 11.8. The summed E-state index contributed by atoms with van der Waals surface area (Å²) in [5.74, 6) is 0.0390. The number of anilines is 1. The van der Waals surface area contributed by atoms with E-state index in [9.17, 15) is 9.59 Å². The average Bonchev–Trinajstić information content (AvgIpc) is 2.90. The predicted octanol–water partition coefficient (Wildman–Crippen LogP) is 2.54. The third-order valence-corrected chi connectivity index (χ3v) is 3.81. The molecule has 7 nitrogen and oxygen atoms in total. The number of nitrogens with zero attached hydrogens (tertiary/aromatic N) is 2. The number of hydrogen-bond acceptors (Lipinski definition) is 5. The van der Waals surface area contributed by atoms with Crippen molar-refractivity contribution in [2.45, 2.75) is 27.7 Å². The zero-order chi connectivity index (χ0) is 18.6. The van der Waals surface area contributed by atoms with Crippen LogP contribution in [0.2, 0.25) is 0 Å². The van der Waals surface area contributed by atoms with Gasteiger partial charge in [-0.25, -0.2) is 4.79 Å². The molecule has 2 rings (SSSR count). The molecule has 0 unspecified atom stereocenters. The molecule has 0 saturated carbocycles. The maximum Gasteiger partial charge on any atom is 0.343 e. The van der Waals surface area contributed by atoms with Crippen LogP contribution in [0.15, 0.2) is 18.3 Å². The fraction of sp³-hybridized carbons (Fsp3) is 0.389. The van der Waals surface area contributed by atoms with Crippen LogP contribution in [0, 0.1) is 20.8 Å². The number of ether oxygens (including phenoxy) is 2. The summed E-state index contributed by atoms with van der Waals surface area (Å²) in [7, 11) is 1.63. The van der Waals surface area contributed by atoms with Crippen LogP contribution in [-0.2, 0) is 16.6 Å². The Morgan fingerprint density at radius 2 is 1.96 bits per heavy atom. The van der Waals surface area contributed by atoms with Crippen LogP contribution in [0.4, 0.5) is 5.82 Å². The Labute approximate surface area is 146 Å². The van der Waals surface area contributed by atoms with Gasteiger partial charge in [0.05, 0.1) is 12.8 Å². The Kier molecular flexibility index (Phi) is 5.80. The number of benzene rings is 1. The van der Waals surface area contributed by atoms with Crippen LogP contribution in [0.3, 0.4) is 0 Å². The molecule has 0 saturated heterocycles. The highest BCUT2D eigenvalue weighted by Gasteiger charge is 2.19. The average molecular weight is 345 g/mol. The van der Waals surface area contributed by atoms with Crippen LogP contribution in [0.1, 0.15) is 34.0 Å². The fourth-order valence-electron chi connectivity index (χ4n) is 2.41. The highest BCUT2D eigenvalue weighted by atomic mass is 16.5. The smallest absolute Gasteiger partial charge is 0.343 e. The lowest BCUT2D eigenvalue weighted by molar-refractivity contribution is -0.118. The number of rotatable bonds is 6. The van der Waals surface area contributed by atoms with E-state index < -0.39 is 5.97 Å². The van der Waals surface area contributed by atoms with E-state index >= 15 is 0 Å². The number of hydrogen-bond donors (Lipinski definition) is 1. The van der Waals surface area contributed by atoms with Gasteiger partial charge in [0, 0.05) is 7.05 Å². The van der Waals surface area contributed by atoms with Crippen molar-refractivity contribution in [3.05, 3.63) is 40.6 Å². The molecule has 0 bridgehead atoms. The largest absolute Gasteiger partial charge is 0.483 e. The fourth-order valence-corrected chi connectivity index (χ4v) is 2.41. The molecule has 0 radical (unpaired) electrons. The number of aromatic nitrogens is 2. The Morgan fingerprint density at radius 3 is 2.64 bits per heavy atom. The van der Waals surface area contributed by atoms with Crippen molar-refractivity contribution in [2.24, 2.45) is 7.05 Å². The molecule has 0 aliphatic carbocycles. The first-order valence-corrected chi connectivity index (χ1v) is 8.03. The SMILES string of the molecule is CCOC(=O)c1cnn(C)c1NC(=O)COc1cc(C)cc(C)c1C. The minimum absolute atomic E-state index is 0.169. The highest BCUT2D eigenvalue weighted by molar-refractivity contribution is 6.00. The van der Waals surface area contributed by atoms with Crippen molar-refractivity contribution in [1.82, 2.24) is 9.78 Å². The maximum atomic E-state index is 12.2. The van der Waals surface area contributed by atoms with Crippen molar-refractivity contribution < 1.29 is 19.1 Å². The molecule has 0 aliphatic heterocycles. The Morgan fingerprint density at radius 1 is 1.24 bits per heavy atom. The van der Waals surface area contributed by atoms with Crippen molar-refractivity contribution in [1.29, 1.82) is 0 Å². The number of carbonyl (C=O) groups is 2. The summed E-state index contributed by atoms with van der Waals surface area (Å²) in [5.41, 5.74) is 3.37. The van der Waals surface area contributed by atoms with E-state index in [1.54, 1.807) is 14.0 Å². The molecular formula is C18H23N3O4. The second-order valence-electron chi connectivity index (χ2n) is 5.79.